The monoisotopic (exact) mass is 413 g/mol. The summed E-state index contributed by atoms with van der Waals surface area (Å²) in [5.41, 5.74) is 1.94. The predicted octanol–water partition coefficient (Wildman–Crippen LogP) is 3.68. The minimum absolute atomic E-state index is 0.0884. The number of anilines is 2. The summed E-state index contributed by atoms with van der Waals surface area (Å²) < 4.78 is 11.0. The van der Waals surface area contributed by atoms with E-state index in [0.29, 0.717) is 43.4 Å². The van der Waals surface area contributed by atoms with E-state index in [4.69, 9.17) is 9.47 Å². The van der Waals surface area contributed by atoms with Crippen LogP contribution in [0.5, 0.6) is 5.75 Å². The van der Waals surface area contributed by atoms with Crippen molar-refractivity contribution >= 4 is 23.2 Å². The van der Waals surface area contributed by atoms with E-state index in [1.165, 1.54) is 0 Å². The Kier molecular flexibility index (Phi) is 10.2. The number of hydrogen-bond acceptors (Lipinski definition) is 5. The number of rotatable bonds is 13. The van der Waals surface area contributed by atoms with Crippen molar-refractivity contribution < 1.29 is 19.1 Å². The maximum absolute atomic E-state index is 12.3. The van der Waals surface area contributed by atoms with Crippen LogP contribution in [0, 0.1) is 0 Å². The molecule has 0 saturated heterocycles. The van der Waals surface area contributed by atoms with E-state index >= 15 is 0 Å². The number of carbonyl (C=O) groups is 2. The Hall–Kier alpha value is -3.06. The first-order valence-electron chi connectivity index (χ1n) is 10.4. The highest BCUT2D eigenvalue weighted by molar-refractivity contribution is 5.96. The molecular weight excluding hydrogens is 382 g/mol. The fraction of sp³-hybridized carbons (Fsp3) is 0.391. The molecule has 2 amide bonds. The van der Waals surface area contributed by atoms with Crippen molar-refractivity contribution in [1.82, 2.24) is 5.32 Å². The molecule has 0 aromatic heterocycles. The fourth-order valence-electron chi connectivity index (χ4n) is 2.66. The number of para-hydroxylation sites is 2. The van der Waals surface area contributed by atoms with E-state index in [1.807, 2.05) is 31.2 Å². The Morgan fingerprint density at radius 2 is 1.73 bits per heavy atom. The molecule has 162 valence electrons. The summed E-state index contributed by atoms with van der Waals surface area (Å²) in [5, 5.41) is 8.78. The number of amides is 2. The van der Waals surface area contributed by atoms with Crippen LogP contribution in [0.3, 0.4) is 0 Å². The van der Waals surface area contributed by atoms with Crippen LogP contribution in [0.1, 0.15) is 37.0 Å². The predicted molar refractivity (Wildman–Crippen MR) is 119 cm³/mol. The van der Waals surface area contributed by atoms with Crippen molar-refractivity contribution in [3.63, 3.8) is 0 Å². The first kappa shape index (κ1) is 23.2. The highest BCUT2D eigenvalue weighted by Gasteiger charge is 2.08. The van der Waals surface area contributed by atoms with Gasteiger partial charge in [0.15, 0.2) is 0 Å². The second-order valence-electron chi connectivity index (χ2n) is 6.63. The van der Waals surface area contributed by atoms with Gasteiger partial charge in [0.05, 0.1) is 18.8 Å². The highest BCUT2D eigenvalue weighted by Crippen LogP contribution is 2.23. The summed E-state index contributed by atoms with van der Waals surface area (Å²) in [5.74, 6) is 0.367. The molecule has 0 saturated carbocycles. The minimum Gasteiger partial charge on any atom is -0.489 e. The van der Waals surface area contributed by atoms with E-state index in [1.54, 1.807) is 24.3 Å². The molecule has 0 heterocycles. The van der Waals surface area contributed by atoms with E-state index in [9.17, 15) is 9.59 Å². The quantitative estimate of drug-likeness (QED) is 0.436. The lowest BCUT2D eigenvalue weighted by molar-refractivity contribution is -0.114. The minimum atomic E-state index is -0.195. The molecule has 0 aliphatic heterocycles. The molecule has 7 heteroatoms. The Bertz CT molecular complexity index is 793. The van der Waals surface area contributed by atoms with Crippen LogP contribution in [-0.4, -0.2) is 44.7 Å². The summed E-state index contributed by atoms with van der Waals surface area (Å²) in [6, 6.07) is 14.3. The lowest BCUT2D eigenvalue weighted by Crippen LogP contribution is -2.24. The second-order valence-corrected chi connectivity index (χ2v) is 6.63. The van der Waals surface area contributed by atoms with E-state index in [2.05, 4.69) is 22.9 Å². The third-order valence-electron chi connectivity index (χ3n) is 4.26. The van der Waals surface area contributed by atoms with Crippen LogP contribution in [-0.2, 0) is 9.53 Å². The smallest absolute Gasteiger partial charge is 0.251 e. The Morgan fingerprint density at radius 1 is 0.967 bits per heavy atom. The van der Waals surface area contributed by atoms with Crippen molar-refractivity contribution in [2.75, 3.05) is 43.5 Å². The van der Waals surface area contributed by atoms with Gasteiger partial charge in [0, 0.05) is 24.4 Å². The molecular formula is C23H31N3O4. The third kappa shape index (κ3) is 8.13. The average molecular weight is 414 g/mol. The van der Waals surface area contributed by atoms with Gasteiger partial charge in [-0.15, -0.1) is 0 Å². The zero-order valence-electron chi connectivity index (χ0n) is 17.7. The fourth-order valence-corrected chi connectivity index (χ4v) is 2.66. The molecule has 0 atom stereocenters. The van der Waals surface area contributed by atoms with Crippen molar-refractivity contribution in [2.45, 2.75) is 26.7 Å². The zero-order valence-corrected chi connectivity index (χ0v) is 17.7. The average Bonchev–Trinajstić information content (AvgIpc) is 2.76. The van der Waals surface area contributed by atoms with Crippen molar-refractivity contribution in [1.29, 1.82) is 0 Å². The number of unbranched alkanes of at least 4 members (excludes halogenated alkanes) is 1. The van der Waals surface area contributed by atoms with Gasteiger partial charge in [-0.25, -0.2) is 0 Å². The molecule has 0 fully saturated rings. The molecule has 0 radical (unpaired) electrons. The first-order valence-corrected chi connectivity index (χ1v) is 10.4. The number of benzene rings is 2. The van der Waals surface area contributed by atoms with Gasteiger partial charge in [-0.1, -0.05) is 25.5 Å². The topological polar surface area (TPSA) is 88.7 Å². The van der Waals surface area contributed by atoms with Crippen molar-refractivity contribution in [2.24, 2.45) is 0 Å². The molecule has 2 aromatic rings. The largest absolute Gasteiger partial charge is 0.489 e. The van der Waals surface area contributed by atoms with Gasteiger partial charge < -0.3 is 25.4 Å². The summed E-state index contributed by atoms with van der Waals surface area (Å²) in [4.78, 5) is 24.3. The summed E-state index contributed by atoms with van der Waals surface area (Å²) in [7, 11) is 0. The molecule has 0 aliphatic carbocycles. The van der Waals surface area contributed by atoms with Gasteiger partial charge in [-0.05, 0) is 49.7 Å². The molecule has 0 spiro atoms. The lowest BCUT2D eigenvalue weighted by Gasteiger charge is -2.13. The molecule has 3 N–H and O–H groups in total. The Balaban J connectivity index is 1.81. The van der Waals surface area contributed by atoms with Gasteiger partial charge in [0.1, 0.15) is 12.4 Å². The molecule has 2 rings (SSSR count). The maximum atomic E-state index is 12.3. The van der Waals surface area contributed by atoms with Crippen LogP contribution in [0.4, 0.5) is 11.4 Å². The molecule has 2 aromatic carbocycles. The van der Waals surface area contributed by atoms with E-state index in [-0.39, 0.29) is 18.4 Å². The van der Waals surface area contributed by atoms with Crippen LogP contribution >= 0.6 is 0 Å². The van der Waals surface area contributed by atoms with Gasteiger partial charge in [-0.2, -0.15) is 0 Å². The van der Waals surface area contributed by atoms with E-state index in [0.717, 1.165) is 18.5 Å². The Morgan fingerprint density at radius 3 is 2.47 bits per heavy atom. The Labute approximate surface area is 178 Å². The molecule has 0 aliphatic rings. The summed E-state index contributed by atoms with van der Waals surface area (Å²) in [6.45, 7) is 6.36. The van der Waals surface area contributed by atoms with Crippen LogP contribution in [0.25, 0.3) is 0 Å². The number of hydrogen-bond donors (Lipinski definition) is 3. The second kappa shape index (κ2) is 13.2. The highest BCUT2D eigenvalue weighted by atomic mass is 16.5. The van der Waals surface area contributed by atoms with Crippen molar-refractivity contribution in [3.05, 3.63) is 54.1 Å². The van der Waals surface area contributed by atoms with Crippen LogP contribution in [0.2, 0.25) is 0 Å². The molecule has 30 heavy (non-hydrogen) atoms. The van der Waals surface area contributed by atoms with Gasteiger partial charge in [0.25, 0.3) is 5.91 Å². The number of carbonyl (C=O) groups excluding carboxylic acids is 2. The SMILES string of the molecule is CCCCNC(=O)c1ccc(NC(=O)CNc2ccccc2OCCOCC)cc1. The maximum Gasteiger partial charge on any atom is 0.251 e. The third-order valence-corrected chi connectivity index (χ3v) is 4.26. The zero-order chi connectivity index (χ0) is 21.6. The summed E-state index contributed by atoms with van der Waals surface area (Å²) >= 11 is 0. The van der Waals surface area contributed by atoms with Crippen LogP contribution in [0.15, 0.2) is 48.5 Å². The molecule has 0 bridgehead atoms. The number of ether oxygens (including phenoxy) is 2. The molecule has 0 unspecified atom stereocenters. The van der Waals surface area contributed by atoms with Gasteiger partial charge in [0.2, 0.25) is 5.91 Å². The van der Waals surface area contributed by atoms with Crippen LogP contribution < -0.4 is 20.7 Å². The number of nitrogens with one attached hydrogen (secondary N) is 3. The van der Waals surface area contributed by atoms with E-state index < -0.39 is 0 Å². The standard InChI is InChI=1S/C23H31N3O4/c1-3-5-14-24-23(28)18-10-12-19(13-11-18)26-22(27)17-25-20-8-6-7-9-21(20)30-16-15-29-4-2/h6-13,25H,3-5,14-17H2,1-2H3,(H,24,28)(H,26,27). The summed E-state index contributed by atoms with van der Waals surface area (Å²) in [6.07, 6.45) is 1.98. The normalized spacial score (nSPS) is 10.3. The van der Waals surface area contributed by atoms with Gasteiger partial charge >= 0.3 is 0 Å². The van der Waals surface area contributed by atoms with Gasteiger partial charge in [-0.3, -0.25) is 9.59 Å². The first-order chi connectivity index (χ1) is 14.6. The lowest BCUT2D eigenvalue weighted by atomic mass is 10.2. The van der Waals surface area contributed by atoms with Crippen molar-refractivity contribution in [3.8, 4) is 5.75 Å². The molecule has 7 nitrogen and oxygen atoms in total.